The summed E-state index contributed by atoms with van der Waals surface area (Å²) in [6, 6.07) is 8.12. The molecule has 1 rings (SSSR count). The van der Waals surface area contributed by atoms with Gasteiger partial charge < -0.3 is 15.1 Å². The average molecular weight is 251 g/mol. The fraction of sp³-hybridized carbons (Fsp3) is 0.600. The van der Waals surface area contributed by atoms with Crippen molar-refractivity contribution in [1.82, 2.24) is 4.90 Å². The molecule has 0 aliphatic rings. The molecule has 0 amide bonds. The summed E-state index contributed by atoms with van der Waals surface area (Å²) in [4.78, 5) is 1.92. The molecule has 0 aliphatic carbocycles. The topological polar surface area (TPSA) is 43.7 Å². The molecular weight excluding hydrogens is 226 g/mol. The molecule has 102 valence electrons. The maximum atomic E-state index is 10.1. The predicted molar refractivity (Wildman–Crippen MR) is 74.7 cm³/mol. The molecule has 1 unspecified atom stereocenters. The van der Waals surface area contributed by atoms with Crippen LogP contribution in [0.4, 0.5) is 0 Å². The highest BCUT2D eigenvalue weighted by Crippen LogP contribution is 2.24. The van der Waals surface area contributed by atoms with Gasteiger partial charge in [0.2, 0.25) is 0 Å². The first-order valence-corrected chi connectivity index (χ1v) is 6.42. The van der Waals surface area contributed by atoms with Gasteiger partial charge in [0.25, 0.3) is 0 Å². The number of aliphatic hydroxyl groups excluding tert-OH is 2. The van der Waals surface area contributed by atoms with Gasteiger partial charge >= 0.3 is 0 Å². The molecule has 0 aliphatic heterocycles. The minimum atomic E-state index is -0.504. The van der Waals surface area contributed by atoms with Crippen molar-refractivity contribution in [2.45, 2.75) is 32.3 Å². The minimum absolute atomic E-state index is 0.117. The van der Waals surface area contributed by atoms with Crippen LogP contribution in [-0.2, 0) is 5.41 Å². The lowest BCUT2D eigenvalue weighted by Crippen LogP contribution is -2.27. The normalized spacial score (nSPS) is 13.9. The van der Waals surface area contributed by atoms with Gasteiger partial charge in [-0.1, -0.05) is 45.0 Å². The smallest absolute Gasteiger partial charge is 0.0916 e. The van der Waals surface area contributed by atoms with E-state index in [9.17, 15) is 5.11 Å². The zero-order chi connectivity index (χ0) is 13.8. The first-order chi connectivity index (χ1) is 8.34. The molecule has 0 bridgehead atoms. The van der Waals surface area contributed by atoms with Gasteiger partial charge in [0, 0.05) is 13.1 Å². The summed E-state index contributed by atoms with van der Waals surface area (Å²) in [5.74, 6) is 0. The third-order valence-electron chi connectivity index (χ3n) is 3.13. The van der Waals surface area contributed by atoms with Crippen LogP contribution < -0.4 is 0 Å². The molecular formula is C15H25NO2. The summed E-state index contributed by atoms with van der Waals surface area (Å²) in [6.45, 7) is 7.76. The molecule has 3 nitrogen and oxygen atoms in total. The van der Waals surface area contributed by atoms with Crippen molar-refractivity contribution in [3.05, 3.63) is 35.4 Å². The van der Waals surface area contributed by atoms with Crippen LogP contribution in [0.1, 0.15) is 38.0 Å². The fourth-order valence-corrected chi connectivity index (χ4v) is 1.87. The van der Waals surface area contributed by atoms with Crippen molar-refractivity contribution < 1.29 is 10.2 Å². The van der Waals surface area contributed by atoms with Crippen molar-refractivity contribution in [1.29, 1.82) is 0 Å². The molecule has 2 N–H and O–H groups in total. The standard InChI is InChI=1S/C15H25NO2/c1-15(2,3)13-7-5-12(6-8-13)14(18)11-16(4)9-10-17/h5-8,14,17-18H,9-11H2,1-4H3. The quantitative estimate of drug-likeness (QED) is 0.840. The molecule has 0 saturated carbocycles. The van der Waals surface area contributed by atoms with Crippen LogP contribution in [0.3, 0.4) is 0 Å². The summed E-state index contributed by atoms with van der Waals surface area (Å²) < 4.78 is 0. The van der Waals surface area contributed by atoms with Crippen LogP contribution in [0.25, 0.3) is 0 Å². The van der Waals surface area contributed by atoms with Crippen LogP contribution in [0.2, 0.25) is 0 Å². The maximum absolute atomic E-state index is 10.1. The summed E-state index contributed by atoms with van der Waals surface area (Å²) in [5, 5.41) is 18.9. The van der Waals surface area contributed by atoms with Crippen molar-refractivity contribution in [3.8, 4) is 0 Å². The highest BCUT2D eigenvalue weighted by Gasteiger charge is 2.15. The number of hydrogen-bond donors (Lipinski definition) is 2. The van der Waals surface area contributed by atoms with Crippen molar-refractivity contribution in [3.63, 3.8) is 0 Å². The van der Waals surface area contributed by atoms with E-state index in [-0.39, 0.29) is 12.0 Å². The lowest BCUT2D eigenvalue weighted by molar-refractivity contribution is 0.115. The van der Waals surface area contributed by atoms with Crippen LogP contribution in [0.15, 0.2) is 24.3 Å². The Kier molecular flexibility index (Phi) is 5.32. The van der Waals surface area contributed by atoms with E-state index < -0.39 is 6.10 Å². The van der Waals surface area contributed by atoms with E-state index in [0.717, 1.165) is 5.56 Å². The van der Waals surface area contributed by atoms with E-state index in [1.807, 2.05) is 24.1 Å². The van der Waals surface area contributed by atoms with Crippen LogP contribution in [0.5, 0.6) is 0 Å². The van der Waals surface area contributed by atoms with Crippen LogP contribution >= 0.6 is 0 Å². The molecule has 0 aromatic heterocycles. The van der Waals surface area contributed by atoms with Gasteiger partial charge in [0.15, 0.2) is 0 Å². The predicted octanol–water partition coefficient (Wildman–Crippen LogP) is 1.94. The van der Waals surface area contributed by atoms with E-state index in [0.29, 0.717) is 13.1 Å². The van der Waals surface area contributed by atoms with Crippen molar-refractivity contribution in [2.75, 3.05) is 26.7 Å². The van der Waals surface area contributed by atoms with Crippen molar-refractivity contribution >= 4 is 0 Å². The monoisotopic (exact) mass is 251 g/mol. The molecule has 1 aromatic rings. The third-order valence-corrected chi connectivity index (χ3v) is 3.13. The number of hydrogen-bond acceptors (Lipinski definition) is 3. The Bertz CT molecular complexity index is 354. The molecule has 1 atom stereocenters. The third kappa shape index (κ3) is 4.41. The molecule has 3 heteroatoms. The Labute approximate surface area is 110 Å². The highest BCUT2D eigenvalue weighted by molar-refractivity contribution is 5.28. The van der Waals surface area contributed by atoms with Gasteiger partial charge in [-0.25, -0.2) is 0 Å². The van der Waals surface area contributed by atoms with Gasteiger partial charge in [0.05, 0.1) is 12.7 Å². The van der Waals surface area contributed by atoms with Gasteiger partial charge in [-0.15, -0.1) is 0 Å². The van der Waals surface area contributed by atoms with E-state index in [4.69, 9.17) is 5.11 Å². The first-order valence-electron chi connectivity index (χ1n) is 6.42. The zero-order valence-electron chi connectivity index (χ0n) is 11.8. The average Bonchev–Trinajstić information content (AvgIpc) is 2.28. The maximum Gasteiger partial charge on any atom is 0.0916 e. The van der Waals surface area contributed by atoms with E-state index in [1.165, 1.54) is 5.56 Å². The molecule has 0 spiro atoms. The molecule has 0 radical (unpaired) electrons. The second kappa shape index (κ2) is 6.32. The Morgan fingerprint density at radius 3 is 2.17 bits per heavy atom. The second-order valence-electron chi connectivity index (χ2n) is 5.87. The van der Waals surface area contributed by atoms with Gasteiger partial charge in [-0.2, -0.15) is 0 Å². The summed E-state index contributed by atoms with van der Waals surface area (Å²) in [7, 11) is 1.89. The zero-order valence-corrected chi connectivity index (χ0v) is 11.8. The van der Waals surface area contributed by atoms with E-state index in [2.05, 4.69) is 32.9 Å². The minimum Gasteiger partial charge on any atom is -0.395 e. The number of nitrogens with zero attached hydrogens (tertiary/aromatic N) is 1. The van der Waals surface area contributed by atoms with Gasteiger partial charge in [-0.3, -0.25) is 0 Å². The number of aliphatic hydroxyl groups is 2. The van der Waals surface area contributed by atoms with Gasteiger partial charge in [0.1, 0.15) is 0 Å². The number of rotatable bonds is 5. The Morgan fingerprint density at radius 1 is 1.17 bits per heavy atom. The van der Waals surface area contributed by atoms with Crippen LogP contribution in [0, 0.1) is 0 Å². The molecule has 0 heterocycles. The number of likely N-dealkylation sites (N-methyl/N-ethyl adjacent to an activating group) is 1. The summed E-state index contributed by atoms with van der Waals surface area (Å²) >= 11 is 0. The molecule has 0 saturated heterocycles. The summed E-state index contributed by atoms with van der Waals surface area (Å²) in [6.07, 6.45) is -0.504. The largest absolute Gasteiger partial charge is 0.395 e. The molecule has 0 fully saturated rings. The molecule has 1 aromatic carbocycles. The first kappa shape index (κ1) is 15.2. The van der Waals surface area contributed by atoms with Crippen molar-refractivity contribution in [2.24, 2.45) is 0 Å². The summed E-state index contributed by atoms with van der Waals surface area (Å²) in [5.41, 5.74) is 2.33. The number of benzene rings is 1. The van der Waals surface area contributed by atoms with E-state index in [1.54, 1.807) is 0 Å². The SMILES string of the molecule is CN(CCO)CC(O)c1ccc(C(C)(C)C)cc1. The van der Waals surface area contributed by atoms with Crippen LogP contribution in [-0.4, -0.2) is 41.9 Å². The van der Waals surface area contributed by atoms with E-state index >= 15 is 0 Å². The lowest BCUT2D eigenvalue weighted by atomic mass is 9.86. The Hall–Kier alpha value is -0.900. The second-order valence-corrected chi connectivity index (χ2v) is 5.87. The molecule has 18 heavy (non-hydrogen) atoms. The highest BCUT2D eigenvalue weighted by atomic mass is 16.3. The Balaban J connectivity index is 2.67. The Morgan fingerprint density at radius 2 is 1.72 bits per heavy atom. The van der Waals surface area contributed by atoms with Gasteiger partial charge in [-0.05, 0) is 23.6 Å². The lowest BCUT2D eigenvalue weighted by Gasteiger charge is -2.22. The fourth-order valence-electron chi connectivity index (χ4n) is 1.87.